The Bertz CT molecular complexity index is 637. The van der Waals surface area contributed by atoms with Gasteiger partial charge in [0.1, 0.15) is 12.4 Å². The highest BCUT2D eigenvalue weighted by Crippen LogP contribution is 2.22. The summed E-state index contributed by atoms with van der Waals surface area (Å²) in [6.45, 7) is 0.124. The number of benzene rings is 1. The molecule has 0 atom stereocenters. The van der Waals surface area contributed by atoms with E-state index in [4.69, 9.17) is 20.1 Å². The Kier molecular flexibility index (Phi) is 6.39. The predicted octanol–water partition coefficient (Wildman–Crippen LogP) is 1.71. The van der Waals surface area contributed by atoms with Crippen molar-refractivity contribution in [2.24, 2.45) is 5.11 Å². The molecule has 0 aromatic heterocycles. The molecule has 1 aromatic carbocycles. The van der Waals surface area contributed by atoms with Gasteiger partial charge < -0.3 is 14.6 Å². The zero-order valence-electron chi connectivity index (χ0n) is 11.7. The molecule has 9 nitrogen and oxygen atoms in total. The highest BCUT2D eigenvalue weighted by molar-refractivity contribution is 5.98. The highest BCUT2D eigenvalue weighted by atomic mass is 16.5. The van der Waals surface area contributed by atoms with Gasteiger partial charge >= 0.3 is 11.9 Å². The van der Waals surface area contributed by atoms with Crippen molar-refractivity contribution in [3.63, 3.8) is 0 Å². The summed E-state index contributed by atoms with van der Waals surface area (Å²) in [6.07, 6.45) is 0. The van der Waals surface area contributed by atoms with Gasteiger partial charge in [-0.15, -0.1) is 0 Å². The lowest BCUT2D eigenvalue weighted by atomic mass is 10.1. The Morgan fingerprint density at radius 1 is 1.36 bits per heavy atom. The van der Waals surface area contributed by atoms with Gasteiger partial charge in [0.25, 0.3) is 0 Å². The predicted molar refractivity (Wildman–Crippen MR) is 73.4 cm³/mol. The van der Waals surface area contributed by atoms with Gasteiger partial charge in [0, 0.05) is 23.0 Å². The number of ketones is 1. The number of hydrogen-bond acceptors (Lipinski definition) is 6. The Labute approximate surface area is 125 Å². The van der Waals surface area contributed by atoms with Crippen LogP contribution in [0.25, 0.3) is 10.4 Å². The van der Waals surface area contributed by atoms with Crippen molar-refractivity contribution in [3.05, 3.63) is 39.8 Å². The number of carbonyl (C=O) groups is 3. The van der Waals surface area contributed by atoms with E-state index < -0.39 is 24.3 Å². The van der Waals surface area contributed by atoms with E-state index >= 15 is 0 Å². The van der Waals surface area contributed by atoms with Crippen molar-refractivity contribution in [2.75, 3.05) is 13.2 Å². The zero-order valence-corrected chi connectivity index (χ0v) is 11.7. The van der Waals surface area contributed by atoms with Crippen LogP contribution in [-0.2, 0) is 20.9 Å². The van der Waals surface area contributed by atoms with Crippen LogP contribution in [0.15, 0.2) is 23.3 Å². The van der Waals surface area contributed by atoms with Crippen LogP contribution in [0.3, 0.4) is 0 Å². The number of Topliss-reactive ketones (excluding diaryl/α,β-unsaturated/α-hetero) is 1. The van der Waals surface area contributed by atoms with E-state index in [1.807, 2.05) is 0 Å². The number of nitrogens with zero attached hydrogens (tertiary/aromatic N) is 3. The van der Waals surface area contributed by atoms with Gasteiger partial charge in [0.15, 0.2) is 12.4 Å². The van der Waals surface area contributed by atoms with Gasteiger partial charge in [0.05, 0.1) is 6.54 Å². The van der Waals surface area contributed by atoms with Crippen LogP contribution in [0.1, 0.15) is 22.8 Å². The number of rotatable bonds is 8. The molecule has 0 amide bonds. The second kappa shape index (κ2) is 8.28. The molecule has 0 radical (unpaired) electrons. The van der Waals surface area contributed by atoms with E-state index in [-0.39, 0.29) is 24.5 Å². The average molecular weight is 307 g/mol. The van der Waals surface area contributed by atoms with Crippen molar-refractivity contribution in [1.29, 1.82) is 0 Å². The number of esters is 1. The van der Waals surface area contributed by atoms with Gasteiger partial charge in [-0.3, -0.25) is 9.59 Å². The summed E-state index contributed by atoms with van der Waals surface area (Å²) in [5, 5.41) is 11.8. The molecule has 22 heavy (non-hydrogen) atoms. The SMILES string of the molecule is CC(=O)OCc1cc(C(=O)CN=[N+]=[N-])ccc1OCC(=O)O. The molecule has 0 fully saturated rings. The number of aliphatic carboxylic acids is 1. The number of hydrogen-bond donors (Lipinski definition) is 1. The minimum atomic E-state index is -1.16. The van der Waals surface area contributed by atoms with E-state index in [2.05, 4.69) is 10.0 Å². The van der Waals surface area contributed by atoms with Gasteiger partial charge in [-0.25, -0.2) is 4.79 Å². The third-order valence-electron chi connectivity index (χ3n) is 2.44. The van der Waals surface area contributed by atoms with Crippen LogP contribution in [0.2, 0.25) is 0 Å². The van der Waals surface area contributed by atoms with Gasteiger partial charge in [-0.2, -0.15) is 0 Å². The fraction of sp³-hybridized carbons (Fsp3) is 0.308. The first-order valence-electron chi connectivity index (χ1n) is 6.09. The minimum absolute atomic E-state index is 0.174. The van der Waals surface area contributed by atoms with Crippen molar-refractivity contribution < 1.29 is 29.0 Å². The monoisotopic (exact) mass is 307 g/mol. The van der Waals surface area contributed by atoms with Crippen LogP contribution in [-0.4, -0.2) is 36.0 Å². The summed E-state index contributed by atoms with van der Waals surface area (Å²) in [6, 6.07) is 4.20. The number of ether oxygens (including phenoxy) is 2. The molecule has 1 aromatic rings. The van der Waals surface area contributed by atoms with Crippen molar-refractivity contribution >= 4 is 17.7 Å². The van der Waals surface area contributed by atoms with Crippen molar-refractivity contribution in [2.45, 2.75) is 13.5 Å². The lowest BCUT2D eigenvalue weighted by molar-refractivity contribution is -0.142. The normalized spacial score (nSPS) is 9.50. The largest absolute Gasteiger partial charge is 0.481 e. The molecular formula is C13H13N3O6. The van der Waals surface area contributed by atoms with Crippen molar-refractivity contribution in [1.82, 2.24) is 0 Å². The van der Waals surface area contributed by atoms with E-state index in [0.717, 1.165) is 0 Å². The van der Waals surface area contributed by atoms with Crippen LogP contribution >= 0.6 is 0 Å². The van der Waals surface area contributed by atoms with Crippen LogP contribution in [0.4, 0.5) is 0 Å². The zero-order chi connectivity index (χ0) is 16.5. The average Bonchev–Trinajstić information content (AvgIpc) is 2.48. The molecule has 0 aliphatic rings. The molecule has 9 heteroatoms. The molecule has 0 aliphatic carbocycles. The number of carboxylic acid groups (broad SMARTS) is 1. The standard InChI is InChI=1S/C13H13N3O6/c1-8(17)21-6-10-4-9(11(18)5-15-16-14)2-3-12(10)22-7-13(19)20/h2-4H,5-7H2,1H3,(H,19,20). The third kappa shape index (κ3) is 5.51. The van der Waals surface area contributed by atoms with Crippen LogP contribution in [0, 0.1) is 0 Å². The quantitative estimate of drug-likeness (QED) is 0.255. The Hall–Kier alpha value is -3.06. The Morgan fingerprint density at radius 3 is 2.68 bits per heavy atom. The lowest BCUT2D eigenvalue weighted by Crippen LogP contribution is -2.12. The Balaban J connectivity index is 3.01. The molecule has 0 saturated carbocycles. The maximum absolute atomic E-state index is 11.8. The maximum atomic E-state index is 11.8. The first-order valence-corrected chi connectivity index (χ1v) is 6.09. The fourth-order valence-electron chi connectivity index (χ4n) is 1.51. The van der Waals surface area contributed by atoms with Gasteiger partial charge in [-0.1, -0.05) is 5.11 Å². The molecular weight excluding hydrogens is 294 g/mol. The van der Waals surface area contributed by atoms with Crippen LogP contribution in [0.5, 0.6) is 5.75 Å². The fourth-order valence-corrected chi connectivity index (χ4v) is 1.51. The van der Waals surface area contributed by atoms with E-state index in [9.17, 15) is 14.4 Å². The maximum Gasteiger partial charge on any atom is 0.341 e. The first-order chi connectivity index (χ1) is 10.4. The summed E-state index contributed by atoms with van der Waals surface area (Å²) in [5.41, 5.74) is 8.77. The van der Waals surface area contributed by atoms with Crippen LogP contribution < -0.4 is 4.74 Å². The van der Waals surface area contributed by atoms with E-state index in [1.165, 1.54) is 25.1 Å². The molecule has 0 unspecified atom stereocenters. The number of carbonyl (C=O) groups excluding carboxylic acids is 2. The first kappa shape index (κ1) is 17.0. The smallest absolute Gasteiger partial charge is 0.341 e. The van der Waals surface area contributed by atoms with Gasteiger partial charge in [-0.05, 0) is 23.7 Å². The minimum Gasteiger partial charge on any atom is -0.481 e. The highest BCUT2D eigenvalue weighted by Gasteiger charge is 2.12. The molecule has 116 valence electrons. The summed E-state index contributed by atoms with van der Waals surface area (Å²) in [5.74, 6) is -1.94. The number of azide groups is 1. The molecule has 0 aliphatic heterocycles. The third-order valence-corrected chi connectivity index (χ3v) is 2.44. The topological polar surface area (TPSA) is 139 Å². The molecule has 0 spiro atoms. The summed E-state index contributed by atoms with van der Waals surface area (Å²) in [7, 11) is 0. The molecule has 0 saturated heterocycles. The van der Waals surface area contributed by atoms with E-state index in [0.29, 0.717) is 5.56 Å². The lowest BCUT2D eigenvalue weighted by Gasteiger charge is -2.11. The molecule has 1 rings (SSSR count). The second-order valence-electron chi connectivity index (χ2n) is 4.10. The van der Waals surface area contributed by atoms with E-state index in [1.54, 1.807) is 0 Å². The Morgan fingerprint density at radius 2 is 2.09 bits per heavy atom. The molecule has 1 N–H and O–H groups in total. The van der Waals surface area contributed by atoms with Crippen molar-refractivity contribution in [3.8, 4) is 5.75 Å². The summed E-state index contributed by atoms with van der Waals surface area (Å²) < 4.78 is 9.89. The summed E-state index contributed by atoms with van der Waals surface area (Å²) in [4.78, 5) is 35.7. The summed E-state index contributed by atoms with van der Waals surface area (Å²) >= 11 is 0. The molecule has 0 bridgehead atoms. The second-order valence-corrected chi connectivity index (χ2v) is 4.10. The van der Waals surface area contributed by atoms with Gasteiger partial charge in [0.2, 0.25) is 0 Å². The number of carboxylic acids is 1. The molecule has 0 heterocycles.